The normalized spacial score (nSPS) is 24.1. The van der Waals surface area contributed by atoms with E-state index >= 15 is 0 Å². The third kappa shape index (κ3) is 5.36. The van der Waals surface area contributed by atoms with Crippen molar-refractivity contribution in [2.24, 2.45) is 0 Å². The van der Waals surface area contributed by atoms with Crippen molar-refractivity contribution >= 4 is 9.84 Å². The van der Waals surface area contributed by atoms with Crippen molar-refractivity contribution < 1.29 is 13.5 Å². The Balaban J connectivity index is 2.31. The molecule has 4 nitrogen and oxygen atoms in total. The number of sulfone groups is 1. The lowest BCUT2D eigenvalue weighted by atomic mass is 10.1. The summed E-state index contributed by atoms with van der Waals surface area (Å²) in [6.45, 7) is 5.40. The van der Waals surface area contributed by atoms with Crippen LogP contribution in [0.1, 0.15) is 39.5 Å². The van der Waals surface area contributed by atoms with Gasteiger partial charge in [-0.25, -0.2) is 8.42 Å². The summed E-state index contributed by atoms with van der Waals surface area (Å²) in [7, 11) is -2.83. The Morgan fingerprint density at radius 3 is 2.76 bits per heavy atom. The van der Waals surface area contributed by atoms with E-state index in [1.54, 1.807) is 6.92 Å². The first-order valence-corrected chi connectivity index (χ1v) is 8.39. The van der Waals surface area contributed by atoms with Crippen LogP contribution in [0.5, 0.6) is 0 Å². The van der Waals surface area contributed by atoms with Crippen LogP contribution in [0.2, 0.25) is 0 Å². The maximum Gasteiger partial charge on any atom is 0.150 e. The second kappa shape index (κ2) is 6.71. The van der Waals surface area contributed by atoms with Gasteiger partial charge in [-0.05, 0) is 45.7 Å². The summed E-state index contributed by atoms with van der Waals surface area (Å²) >= 11 is 0. The molecule has 0 aromatic carbocycles. The number of nitrogens with zero attached hydrogens (tertiary/aromatic N) is 1. The molecule has 0 spiro atoms. The van der Waals surface area contributed by atoms with Crippen molar-refractivity contribution in [2.75, 3.05) is 24.6 Å². The highest BCUT2D eigenvalue weighted by atomic mass is 32.2. The van der Waals surface area contributed by atoms with E-state index in [-0.39, 0.29) is 11.9 Å². The highest BCUT2D eigenvalue weighted by molar-refractivity contribution is 7.91. The summed E-state index contributed by atoms with van der Waals surface area (Å²) in [5, 5.41) is 9.40. The van der Waals surface area contributed by atoms with Crippen molar-refractivity contribution in [1.82, 2.24) is 4.90 Å². The van der Waals surface area contributed by atoms with Gasteiger partial charge in [0.05, 0.1) is 11.9 Å². The minimum absolute atomic E-state index is 0.240. The van der Waals surface area contributed by atoms with Crippen LogP contribution in [0.3, 0.4) is 0 Å². The Morgan fingerprint density at radius 2 is 2.18 bits per heavy atom. The average molecular weight is 263 g/mol. The van der Waals surface area contributed by atoms with Gasteiger partial charge in [0.2, 0.25) is 0 Å². The van der Waals surface area contributed by atoms with Gasteiger partial charge in [0, 0.05) is 11.8 Å². The molecule has 2 unspecified atom stereocenters. The van der Waals surface area contributed by atoms with Crippen molar-refractivity contribution in [2.45, 2.75) is 51.7 Å². The molecule has 0 aromatic rings. The lowest BCUT2D eigenvalue weighted by molar-refractivity contribution is 0.134. The molecule has 1 aliphatic rings. The standard InChI is InChI=1S/C12H25NO3S/c1-3-17(15,16)9-5-8-13-7-4-6-12(13)10-11(2)14/h11-12,14H,3-10H2,1-2H3. The fourth-order valence-electron chi connectivity index (χ4n) is 2.48. The molecule has 1 N–H and O–H groups in total. The molecule has 0 radical (unpaired) electrons. The molecule has 17 heavy (non-hydrogen) atoms. The largest absolute Gasteiger partial charge is 0.393 e. The van der Waals surface area contributed by atoms with Gasteiger partial charge < -0.3 is 10.0 Å². The van der Waals surface area contributed by atoms with Gasteiger partial charge in [0.15, 0.2) is 0 Å². The lowest BCUT2D eigenvalue weighted by Crippen LogP contribution is -2.33. The third-order valence-corrected chi connectivity index (χ3v) is 5.24. The summed E-state index contributed by atoms with van der Waals surface area (Å²) in [6.07, 6.45) is 3.55. The minimum atomic E-state index is -2.83. The van der Waals surface area contributed by atoms with Crippen molar-refractivity contribution in [3.8, 4) is 0 Å². The third-order valence-electron chi connectivity index (χ3n) is 3.45. The number of aliphatic hydroxyl groups excluding tert-OH is 1. The van der Waals surface area contributed by atoms with Crippen LogP contribution in [0.25, 0.3) is 0 Å². The molecule has 1 heterocycles. The molecule has 0 aromatic heterocycles. The molecule has 102 valence electrons. The van der Waals surface area contributed by atoms with Crippen LogP contribution in [-0.2, 0) is 9.84 Å². The Morgan fingerprint density at radius 1 is 1.47 bits per heavy atom. The molecular formula is C12H25NO3S. The molecule has 2 atom stereocenters. The topological polar surface area (TPSA) is 57.6 Å². The molecule has 1 saturated heterocycles. The number of rotatable bonds is 7. The van der Waals surface area contributed by atoms with Crippen molar-refractivity contribution in [3.05, 3.63) is 0 Å². The Kier molecular flexibility index (Phi) is 5.89. The van der Waals surface area contributed by atoms with E-state index in [0.717, 1.165) is 32.4 Å². The van der Waals surface area contributed by atoms with Crippen LogP contribution in [0.4, 0.5) is 0 Å². The van der Waals surface area contributed by atoms with Crippen molar-refractivity contribution in [3.63, 3.8) is 0 Å². The molecule has 0 aliphatic carbocycles. The van der Waals surface area contributed by atoms with Crippen LogP contribution in [-0.4, -0.2) is 55.2 Å². The predicted molar refractivity (Wildman–Crippen MR) is 69.8 cm³/mol. The Hall–Kier alpha value is -0.130. The SMILES string of the molecule is CCS(=O)(=O)CCCN1CCCC1CC(C)O. The van der Waals surface area contributed by atoms with Crippen LogP contribution in [0, 0.1) is 0 Å². The first-order valence-electron chi connectivity index (χ1n) is 6.57. The number of hydrogen-bond donors (Lipinski definition) is 1. The van der Waals surface area contributed by atoms with Crippen LogP contribution in [0.15, 0.2) is 0 Å². The van der Waals surface area contributed by atoms with Gasteiger partial charge in [-0.2, -0.15) is 0 Å². The average Bonchev–Trinajstić information content (AvgIpc) is 2.65. The van der Waals surface area contributed by atoms with Crippen LogP contribution >= 0.6 is 0 Å². The summed E-state index contributed by atoms with van der Waals surface area (Å²) < 4.78 is 22.7. The fourth-order valence-corrected chi connectivity index (χ4v) is 3.34. The first kappa shape index (κ1) is 14.9. The molecule has 0 saturated carbocycles. The zero-order valence-corrected chi connectivity index (χ0v) is 11.7. The number of hydrogen-bond acceptors (Lipinski definition) is 4. The Labute approximate surface area is 105 Å². The summed E-state index contributed by atoms with van der Waals surface area (Å²) in [6, 6.07) is 0.444. The molecule has 1 aliphatic heterocycles. The van der Waals surface area contributed by atoms with E-state index in [2.05, 4.69) is 4.90 Å². The number of likely N-dealkylation sites (tertiary alicyclic amines) is 1. The number of aliphatic hydroxyl groups is 1. The summed E-state index contributed by atoms with van der Waals surface area (Å²) in [5.74, 6) is 0.533. The second-order valence-electron chi connectivity index (χ2n) is 5.01. The van der Waals surface area contributed by atoms with Crippen molar-refractivity contribution in [1.29, 1.82) is 0 Å². The lowest BCUT2D eigenvalue weighted by Gasteiger charge is -2.25. The van der Waals surface area contributed by atoms with E-state index in [9.17, 15) is 13.5 Å². The highest BCUT2D eigenvalue weighted by Gasteiger charge is 2.25. The summed E-state index contributed by atoms with van der Waals surface area (Å²) in [5.41, 5.74) is 0. The smallest absolute Gasteiger partial charge is 0.150 e. The second-order valence-corrected chi connectivity index (χ2v) is 7.48. The highest BCUT2D eigenvalue weighted by Crippen LogP contribution is 2.21. The summed E-state index contributed by atoms with van der Waals surface area (Å²) in [4.78, 5) is 2.33. The van der Waals surface area contributed by atoms with E-state index in [1.807, 2.05) is 6.92 Å². The molecular weight excluding hydrogens is 238 g/mol. The van der Waals surface area contributed by atoms with E-state index in [1.165, 1.54) is 0 Å². The first-order chi connectivity index (χ1) is 7.94. The molecule has 1 rings (SSSR count). The quantitative estimate of drug-likeness (QED) is 0.746. The molecule has 0 bridgehead atoms. The van der Waals surface area contributed by atoms with Gasteiger partial charge in [0.1, 0.15) is 9.84 Å². The van der Waals surface area contributed by atoms with Gasteiger partial charge in [0.25, 0.3) is 0 Å². The predicted octanol–water partition coefficient (Wildman–Crippen LogP) is 1.05. The van der Waals surface area contributed by atoms with E-state index in [0.29, 0.717) is 18.2 Å². The monoisotopic (exact) mass is 263 g/mol. The minimum Gasteiger partial charge on any atom is -0.393 e. The zero-order valence-electron chi connectivity index (χ0n) is 10.9. The van der Waals surface area contributed by atoms with Gasteiger partial charge in [-0.15, -0.1) is 0 Å². The maximum absolute atomic E-state index is 11.4. The van der Waals surface area contributed by atoms with Gasteiger partial charge >= 0.3 is 0 Å². The Bertz CT molecular complexity index is 314. The maximum atomic E-state index is 11.4. The van der Waals surface area contributed by atoms with Gasteiger partial charge in [-0.1, -0.05) is 6.92 Å². The molecule has 5 heteroatoms. The van der Waals surface area contributed by atoms with E-state index < -0.39 is 9.84 Å². The molecule has 0 amide bonds. The van der Waals surface area contributed by atoms with E-state index in [4.69, 9.17) is 0 Å². The van der Waals surface area contributed by atoms with Crippen LogP contribution < -0.4 is 0 Å². The molecule has 1 fully saturated rings. The van der Waals surface area contributed by atoms with Gasteiger partial charge in [-0.3, -0.25) is 0 Å². The zero-order chi connectivity index (χ0) is 12.9. The fraction of sp³-hybridized carbons (Fsp3) is 1.00.